The van der Waals surface area contributed by atoms with E-state index >= 15 is 0 Å². The molecule has 0 amide bonds. The third-order valence-electron chi connectivity index (χ3n) is 3.77. The second-order valence-corrected chi connectivity index (χ2v) is 7.39. The number of aromatic amines is 1. The zero-order valence-corrected chi connectivity index (χ0v) is 16.0. The molecule has 0 bridgehead atoms. The van der Waals surface area contributed by atoms with E-state index in [1.54, 1.807) is 10.9 Å². The smallest absolute Gasteiger partial charge is 0.216 e. The predicted octanol–water partition coefficient (Wildman–Crippen LogP) is 4.70. The Balaban J connectivity index is 1.69. The highest BCUT2D eigenvalue weighted by molar-refractivity contribution is 7.71. The number of H-pyrrole nitrogens is 1. The van der Waals surface area contributed by atoms with E-state index < -0.39 is 0 Å². The van der Waals surface area contributed by atoms with Crippen molar-refractivity contribution in [3.8, 4) is 5.75 Å². The Morgan fingerprint density at radius 1 is 1.12 bits per heavy atom. The van der Waals surface area contributed by atoms with Crippen LogP contribution in [0.2, 0.25) is 0 Å². The SMILES string of the molecule is CC(C)(C)c1n[nH]c(=S)n1/N=C\c1ccc(OCc2ccccc2)cc1. The summed E-state index contributed by atoms with van der Waals surface area (Å²) < 4.78 is 7.94. The van der Waals surface area contributed by atoms with Crippen LogP contribution in [0.4, 0.5) is 0 Å². The van der Waals surface area contributed by atoms with Crippen LogP contribution >= 0.6 is 12.2 Å². The van der Waals surface area contributed by atoms with Gasteiger partial charge in [-0.2, -0.15) is 14.9 Å². The van der Waals surface area contributed by atoms with Crippen molar-refractivity contribution in [3.05, 3.63) is 76.3 Å². The molecule has 6 heteroatoms. The lowest BCUT2D eigenvalue weighted by Gasteiger charge is -2.15. The number of nitrogens with zero attached hydrogens (tertiary/aromatic N) is 3. The molecule has 0 radical (unpaired) electrons. The van der Waals surface area contributed by atoms with E-state index in [1.165, 1.54) is 0 Å². The van der Waals surface area contributed by atoms with Crippen molar-refractivity contribution in [2.45, 2.75) is 32.8 Å². The van der Waals surface area contributed by atoms with Crippen LogP contribution in [0.25, 0.3) is 0 Å². The van der Waals surface area contributed by atoms with E-state index in [-0.39, 0.29) is 5.41 Å². The topological polar surface area (TPSA) is 55.2 Å². The quantitative estimate of drug-likeness (QED) is 0.526. The highest BCUT2D eigenvalue weighted by Crippen LogP contribution is 2.20. The first-order chi connectivity index (χ1) is 12.4. The van der Waals surface area contributed by atoms with E-state index in [1.807, 2.05) is 54.6 Å². The van der Waals surface area contributed by atoms with E-state index in [2.05, 4.69) is 36.1 Å². The van der Waals surface area contributed by atoms with Crippen LogP contribution in [-0.4, -0.2) is 21.1 Å². The van der Waals surface area contributed by atoms with Gasteiger partial charge in [-0.3, -0.25) is 5.10 Å². The van der Waals surface area contributed by atoms with Gasteiger partial charge in [0.25, 0.3) is 0 Å². The Kier molecular flexibility index (Phi) is 5.32. The molecular formula is C20H22N4OS. The van der Waals surface area contributed by atoms with E-state index in [0.29, 0.717) is 11.4 Å². The highest BCUT2D eigenvalue weighted by Gasteiger charge is 2.21. The number of aromatic nitrogens is 3. The lowest BCUT2D eigenvalue weighted by Crippen LogP contribution is -2.17. The second-order valence-electron chi connectivity index (χ2n) is 7.00. The maximum Gasteiger partial charge on any atom is 0.216 e. The average Bonchev–Trinajstić information content (AvgIpc) is 3.01. The largest absolute Gasteiger partial charge is 0.489 e. The molecule has 0 spiro atoms. The van der Waals surface area contributed by atoms with Crippen LogP contribution in [0.5, 0.6) is 5.75 Å². The van der Waals surface area contributed by atoms with E-state index in [0.717, 1.165) is 22.7 Å². The Bertz CT molecular complexity index is 934. The molecule has 26 heavy (non-hydrogen) atoms. The third kappa shape index (κ3) is 4.46. The lowest BCUT2D eigenvalue weighted by molar-refractivity contribution is 0.306. The zero-order chi connectivity index (χ0) is 18.6. The maximum absolute atomic E-state index is 5.80. The van der Waals surface area contributed by atoms with Gasteiger partial charge in [0.1, 0.15) is 12.4 Å². The molecule has 1 heterocycles. The normalized spacial score (nSPS) is 11.8. The Hall–Kier alpha value is -2.73. The molecule has 0 saturated carbocycles. The Morgan fingerprint density at radius 2 is 1.81 bits per heavy atom. The number of ether oxygens (including phenoxy) is 1. The summed E-state index contributed by atoms with van der Waals surface area (Å²) >= 11 is 5.27. The molecule has 0 aliphatic heterocycles. The van der Waals surface area contributed by atoms with E-state index in [4.69, 9.17) is 17.0 Å². The third-order valence-corrected chi connectivity index (χ3v) is 4.04. The van der Waals surface area contributed by atoms with Gasteiger partial charge in [-0.1, -0.05) is 51.1 Å². The second kappa shape index (κ2) is 7.66. The van der Waals surface area contributed by atoms with Gasteiger partial charge >= 0.3 is 0 Å². The molecule has 0 saturated heterocycles. The van der Waals surface area contributed by atoms with Crippen molar-refractivity contribution < 1.29 is 4.74 Å². The average molecular weight is 366 g/mol. The minimum absolute atomic E-state index is 0.153. The summed E-state index contributed by atoms with van der Waals surface area (Å²) in [6.45, 7) is 6.77. The lowest BCUT2D eigenvalue weighted by atomic mass is 9.96. The number of nitrogens with one attached hydrogen (secondary N) is 1. The summed E-state index contributed by atoms with van der Waals surface area (Å²) in [5.41, 5.74) is 1.95. The van der Waals surface area contributed by atoms with Crippen LogP contribution in [0.15, 0.2) is 59.7 Å². The van der Waals surface area contributed by atoms with Crippen molar-refractivity contribution in [3.63, 3.8) is 0 Å². The van der Waals surface area contributed by atoms with Gasteiger partial charge in [0.2, 0.25) is 4.77 Å². The number of benzene rings is 2. The summed E-state index contributed by atoms with van der Waals surface area (Å²) in [7, 11) is 0. The molecule has 1 N–H and O–H groups in total. The van der Waals surface area contributed by atoms with Crippen molar-refractivity contribution in [2.75, 3.05) is 0 Å². The first-order valence-electron chi connectivity index (χ1n) is 8.42. The molecule has 134 valence electrons. The molecule has 3 rings (SSSR count). The zero-order valence-electron chi connectivity index (χ0n) is 15.1. The van der Waals surface area contributed by atoms with Gasteiger partial charge in [-0.05, 0) is 47.6 Å². The van der Waals surface area contributed by atoms with Crippen molar-refractivity contribution in [2.24, 2.45) is 5.10 Å². The maximum atomic E-state index is 5.80. The van der Waals surface area contributed by atoms with Gasteiger partial charge in [-0.25, -0.2) is 0 Å². The molecule has 2 aromatic carbocycles. The first-order valence-corrected chi connectivity index (χ1v) is 8.83. The van der Waals surface area contributed by atoms with Gasteiger partial charge in [0, 0.05) is 5.41 Å². The van der Waals surface area contributed by atoms with Crippen LogP contribution in [0.1, 0.15) is 37.7 Å². The molecule has 0 fully saturated rings. The van der Waals surface area contributed by atoms with Crippen molar-refractivity contribution in [1.29, 1.82) is 0 Å². The van der Waals surface area contributed by atoms with Crippen molar-refractivity contribution >= 4 is 18.4 Å². The monoisotopic (exact) mass is 366 g/mol. The summed E-state index contributed by atoms with van der Waals surface area (Å²) in [5.74, 6) is 1.61. The van der Waals surface area contributed by atoms with Crippen LogP contribution in [0.3, 0.4) is 0 Å². The molecule has 0 aliphatic rings. The van der Waals surface area contributed by atoms with Gasteiger partial charge in [0.05, 0.1) is 6.21 Å². The van der Waals surface area contributed by atoms with Gasteiger partial charge in [-0.15, -0.1) is 0 Å². The summed E-state index contributed by atoms with van der Waals surface area (Å²) in [6, 6.07) is 17.9. The molecule has 3 aromatic rings. The van der Waals surface area contributed by atoms with Crippen LogP contribution in [-0.2, 0) is 12.0 Å². The summed E-state index contributed by atoms with van der Waals surface area (Å²) in [6.07, 6.45) is 1.77. The molecule has 1 aromatic heterocycles. The Morgan fingerprint density at radius 3 is 2.46 bits per heavy atom. The number of rotatable bonds is 5. The highest BCUT2D eigenvalue weighted by atomic mass is 32.1. The standard InChI is InChI=1S/C20H22N4OS/c1-20(2,3)18-22-23-19(26)24(18)21-13-15-9-11-17(12-10-15)25-14-16-7-5-4-6-8-16/h4-13H,14H2,1-3H3,(H,23,26)/b21-13-. The summed E-state index contributed by atoms with van der Waals surface area (Å²) in [5, 5.41) is 11.6. The molecule has 5 nitrogen and oxygen atoms in total. The van der Waals surface area contributed by atoms with Gasteiger partial charge in [0.15, 0.2) is 5.82 Å². The van der Waals surface area contributed by atoms with Crippen molar-refractivity contribution in [1.82, 2.24) is 14.9 Å². The fourth-order valence-electron chi connectivity index (χ4n) is 2.40. The number of hydrogen-bond donors (Lipinski definition) is 1. The molecule has 0 unspecified atom stereocenters. The minimum Gasteiger partial charge on any atom is -0.489 e. The van der Waals surface area contributed by atoms with Crippen LogP contribution in [0, 0.1) is 4.77 Å². The summed E-state index contributed by atoms with van der Waals surface area (Å²) in [4.78, 5) is 0. The Labute approximate surface area is 158 Å². The predicted molar refractivity (Wildman–Crippen MR) is 106 cm³/mol. The first kappa shape index (κ1) is 18.1. The molecule has 0 aliphatic carbocycles. The van der Waals surface area contributed by atoms with Crippen LogP contribution < -0.4 is 4.74 Å². The molecular weight excluding hydrogens is 344 g/mol. The number of hydrogen-bond acceptors (Lipinski definition) is 4. The fraction of sp³-hybridized carbons (Fsp3) is 0.250. The fourth-order valence-corrected chi connectivity index (χ4v) is 2.58. The van der Waals surface area contributed by atoms with Gasteiger partial charge < -0.3 is 4.74 Å². The minimum atomic E-state index is -0.153. The van der Waals surface area contributed by atoms with E-state index in [9.17, 15) is 0 Å². The molecule has 0 atom stereocenters.